The Hall–Kier alpha value is -0.555. The van der Waals surface area contributed by atoms with Gasteiger partial charge in [0.2, 0.25) is 0 Å². The summed E-state index contributed by atoms with van der Waals surface area (Å²) in [5.41, 5.74) is 0. The Bertz CT molecular complexity index is 249. The summed E-state index contributed by atoms with van der Waals surface area (Å²) in [6, 6.07) is 9.97. The van der Waals surface area contributed by atoms with Gasteiger partial charge in [0.05, 0.1) is 0 Å². The molecule has 0 saturated heterocycles. The summed E-state index contributed by atoms with van der Waals surface area (Å²) in [5, 5.41) is 12.3. The fourth-order valence-electron chi connectivity index (χ4n) is 0.719. The predicted molar refractivity (Wildman–Crippen MR) is 36.7 cm³/mol. The van der Waals surface area contributed by atoms with E-state index in [4.69, 9.17) is 0 Å². The Labute approximate surface area is 71.7 Å². The fraction of sp³-hybridized carbons (Fsp3) is 0. The summed E-state index contributed by atoms with van der Waals surface area (Å²) >= 11 is -1.33. The van der Waals surface area contributed by atoms with E-state index < -0.39 is 24.6 Å². The Balaban J connectivity index is 2.64. The van der Waals surface area contributed by atoms with Crippen LogP contribution in [0.3, 0.4) is 0 Å². The quantitative estimate of drug-likeness (QED) is 0.564. The summed E-state index contributed by atoms with van der Waals surface area (Å²) in [6.45, 7) is 0. The molecule has 46 valence electrons. The topological polar surface area (TPSA) is 27.4 Å². The molecule has 0 N–H and O–H groups in total. The average Bonchev–Trinajstić information content (AvgIpc) is 2.03. The molecule has 0 spiro atoms. The molecule has 10 heavy (non-hydrogen) atoms. The maximum atomic E-state index is 9.67. The second-order valence-corrected chi connectivity index (χ2v) is 7.69. The van der Waals surface area contributed by atoms with Crippen LogP contribution in [0.4, 0.5) is 0 Å². The zero-order valence-electron chi connectivity index (χ0n) is 5.45. The van der Waals surface area contributed by atoms with Crippen LogP contribution in [0.15, 0.2) is 30.3 Å². The van der Waals surface area contributed by atoms with Crippen molar-refractivity contribution >= 4 is 3.07 Å². The van der Waals surface area contributed by atoms with Crippen molar-refractivity contribution in [1.29, 1.82) is 0 Å². The monoisotopic (exact) mass is 321 g/mol. The van der Waals surface area contributed by atoms with Crippen molar-refractivity contribution < 1.29 is 24.6 Å². The zero-order chi connectivity index (χ0) is 7.23. The van der Waals surface area contributed by atoms with E-state index in [1.165, 1.54) is 3.07 Å². The molecule has 0 radical (unpaired) electrons. The van der Waals surface area contributed by atoms with E-state index in [2.05, 4.69) is 8.59 Å². The van der Waals surface area contributed by atoms with Gasteiger partial charge in [-0.2, -0.15) is 0 Å². The minimum absolute atomic E-state index is 1.28. The van der Waals surface area contributed by atoms with Crippen molar-refractivity contribution in [2.75, 3.05) is 0 Å². The molecule has 0 saturated carbocycles. The van der Waals surface area contributed by atoms with E-state index in [1.54, 1.807) is 0 Å². The van der Waals surface area contributed by atoms with Crippen molar-refractivity contribution in [2.24, 2.45) is 0 Å². The van der Waals surface area contributed by atoms with Crippen molar-refractivity contribution in [3.63, 3.8) is 0 Å². The van der Waals surface area contributed by atoms with Crippen molar-refractivity contribution in [2.45, 2.75) is 0 Å². The Morgan fingerprint density at radius 2 is 2.00 bits per heavy atom. The molecular formula is C7H5HgNO. The molecule has 1 rings (SSSR count). The first-order chi connectivity index (χ1) is 4.93. The molecule has 3 heteroatoms. The molecule has 0 atom stereocenters. The van der Waals surface area contributed by atoms with Gasteiger partial charge in [-0.25, -0.2) is 0 Å². The van der Waals surface area contributed by atoms with E-state index in [-0.39, 0.29) is 0 Å². The number of nitrogens with zero attached hydrogens (tertiary/aromatic N) is 1. The Morgan fingerprint density at radius 3 is 2.60 bits per heavy atom. The van der Waals surface area contributed by atoms with Crippen molar-refractivity contribution in [3.8, 4) is 3.58 Å². The van der Waals surface area contributed by atoms with Crippen LogP contribution < -0.4 is 3.07 Å². The maximum absolute atomic E-state index is 9.67. The van der Waals surface area contributed by atoms with E-state index in [0.29, 0.717) is 0 Å². The molecule has 0 fully saturated rings. The average molecular weight is 320 g/mol. The molecule has 0 amide bonds. The molecule has 0 unspecified atom stereocenters. The molecule has 0 aliphatic heterocycles. The van der Waals surface area contributed by atoms with Gasteiger partial charge in [-0.05, 0) is 0 Å². The fourth-order valence-corrected chi connectivity index (χ4v) is 3.65. The standard InChI is InChI=1S/C6H5.CNO.Hg/c1-2-4-6-5-3-1;1-2-3;/h1-5H;;. The van der Waals surface area contributed by atoms with Gasteiger partial charge < -0.3 is 0 Å². The van der Waals surface area contributed by atoms with Crippen LogP contribution in [0.25, 0.3) is 5.01 Å². The molecule has 0 heterocycles. The molecule has 2 nitrogen and oxygen atoms in total. The van der Waals surface area contributed by atoms with E-state index >= 15 is 0 Å². The van der Waals surface area contributed by atoms with Gasteiger partial charge in [0, 0.05) is 0 Å². The van der Waals surface area contributed by atoms with Gasteiger partial charge in [-0.3, -0.25) is 0 Å². The first-order valence-electron chi connectivity index (χ1n) is 3.02. The van der Waals surface area contributed by atoms with Crippen LogP contribution in [-0.2, 0) is 24.6 Å². The van der Waals surface area contributed by atoms with Crippen molar-refractivity contribution in [3.05, 3.63) is 40.5 Å². The van der Waals surface area contributed by atoms with Crippen molar-refractivity contribution in [1.82, 2.24) is 0 Å². The molecule has 0 aliphatic carbocycles. The Morgan fingerprint density at radius 1 is 1.30 bits per heavy atom. The number of benzene rings is 1. The number of hydrogen-bond acceptors (Lipinski definition) is 1. The van der Waals surface area contributed by atoms with Crippen LogP contribution in [0.1, 0.15) is 0 Å². The van der Waals surface area contributed by atoms with Gasteiger partial charge in [0.15, 0.2) is 0 Å². The second-order valence-electron chi connectivity index (χ2n) is 1.91. The SMILES string of the molecule is [O-][N+]#[C][Hg][c]1ccccc1. The number of hydrogen-bond donors (Lipinski definition) is 0. The Kier molecular flexibility index (Phi) is 3.24. The molecule has 0 aromatic heterocycles. The van der Waals surface area contributed by atoms with E-state index in [0.717, 1.165) is 0 Å². The van der Waals surface area contributed by atoms with Crippen LogP contribution in [0, 0.1) is 8.79 Å². The van der Waals surface area contributed by atoms with Gasteiger partial charge >= 0.3 is 71.8 Å². The molecular weight excluding hydrogens is 315 g/mol. The van der Waals surface area contributed by atoms with Gasteiger partial charge in [-0.1, -0.05) is 0 Å². The van der Waals surface area contributed by atoms with Gasteiger partial charge in [0.25, 0.3) is 0 Å². The normalized spacial score (nSPS) is 7.20. The molecule has 0 aliphatic rings. The zero-order valence-corrected chi connectivity index (χ0v) is 10.9. The summed E-state index contributed by atoms with van der Waals surface area (Å²) in [4.78, 5) is 0. The third-order valence-corrected chi connectivity index (χ3v) is 5.73. The predicted octanol–water partition coefficient (Wildman–Crippen LogP) is 1.18. The van der Waals surface area contributed by atoms with Crippen LogP contribution >= 0.6 is 0 Å². The van der Waals surface area contributed by atoms with Crippen LogP contribution in [0.5, 0.6) is 0 Å². The number of rotatable bonds is 1. The van der Waals surface area contributed by atoms with Gasteiger partial charge in [-0.15, -0.1) is 0 Å². The summed E-state index contributed by atoms with van der Waals surface area (Å²) in [5.74, 6) is 0. The summed E-state index contributed by atoms with van der Waals surface area (Å²) in [6.07, 6.45) is 0. The first kappa shape index (κ1) is 7.55. The van der Waals surface area contributed by atoms with Gasteiger partial charge in [0.1, 0.15) is 0 Å². The van der Waals surface area contributed by atoms with Crippen LogP contribution in [-0.4, -0.2) is 0 Å². The third kappa shape index (κ3) is 2.36. The van der Waals surface area contributed by atoms with E-state index in [1.807, 2.05) is 30.3 Å². The summed E-state index contributed by atoms with van der Waals surface area (Å²) < 4.78 is 3.84. The molecule has 0 bridgehead atoms. The molecule has 1 aromatic rings. The first-order valence-corrected chi connectivity index (χ1v) is 8.52. The summed E-state index contributed by atoms with van der Waals surface area (Å²) in [7, 11) is 0. The third-order valence-electron chi connectivity index (χ3n) is 1.19. The molecule has 1 aromatic carbocycles. The second kappa shape index (κ2) is 4.29. The minimum atomic E-state index is -1.33. The van der Waals surface area contributed by atoms with Crippen LogP contribution in [0.2, 0.25) is 0 Å². The van der Waals surface area contributed by atoms with E-state index in [9.17, 15) is 5.21 Å².